The summed E-state index contributed by atoms with van der Waals surface area (Å²) in [6, 6.07) is 6.86. The molecular weight excluding hydrogens is 462 g/mol. The SMILES string of the molecule is C=C(CC)OC1CCC2(CC1)Cc1ccc(CCC(CC)OC)cc1C21NC(=NCC)N(CCC)C1=O. The van der Waals surface area contributed by atoms with Gasteiger partial charge in [-0.15, -0.1) is 0 Å². The number of aryl methyl sites for hydroxylation is 1. The number of allylic oxidation sites excluding steroid dienone is 1. The highest BCUT2D eigenvalue weighted by Gasteiger charge is 2.67. The van der Waals surface area contributed by atoms with Crippen LogP contribution in [0.25, 0.3) is 0 Å². The molecule has 2 atom stereocenters. The van der Waals surface area contributed by atoms with Gasteiger partial charge in [0, 0.05) is 32.0 Å². The van der Waals surface area contributed by atoms with Crippen LogP contribution in [0, 0.1) is 5.41 Å². The minimum atomic E-state index is -0.764. The summed E-state index contributed by atoms with van der Waals surface area (Å²) in [4.78, 5) is 21.2. The molecule has 6 heteroatoms. The van der Waals surface area contributed by atoms with E-state index in [9.17, 15) is 4.79 Å². The van der Waals surface area contributed by atoms with Gasteiger partial charge in [0.2, 0.25) is 5.96 Å². The lowest BCUT2D eigenvalue weighted by molar-refractivity contribution is -0.138. The van der Waals surface area contributed by atoms with Gasteiger partial charge in [-0.3, -0.25) is 14.7 Å². The quantitative estimate of drug-likeness (QED) is 0.378. The second kappa shape index (κ2) is 11.6. The first-order valence-corrected chi connectivity index (χ1v) is 14.5. The zero-order chi connectivity index (χ0) is 26.6. The molecule has 1 amide bonds. The molecule has 2 spiro atoms. The number of nitrogens with zero attached hydrogens (tertiary/aromatic N) is 2. The smallest absolute Gasteiger partial charge is 0.260 e. The van der Waals surface area contributed by atoms with Crippen molar-refractivity contribution in [2.75, 3.05) is 20.2 Å². The van der Waals surface area contributed by atoms with Gasteiger partial charge in [-0.25, -0.2) is 0 Å². The molecule has 2 unspecified atom stereocenters. The molecule has 204 valence electrons. The average molecular weight is 510 g/mol. The number of aliphatic imine (C=N–C) groups is 1. The summed E-state index contributed by atoms with van der Waals surface area (Å²) in [7, 11) is 1.80. The van der Waals surface area contributed by atoms with E-state index in [4.69, 9.17) is 14.5 Å². The average Bonchev–Trinajstić information content (AvgIpc) is 3.33. The molecule has 1 N–H and O–H groups in total. The van der Waals surface area contributed by atoms with E-state index in [1.54, 1.807) is 7.11 Å². The molecule has 4 rings (SSSR count). The molecule has 0 aromatic heterocycles. The molecule has 1 aliphatic heterocycles. The van der Waals surface area contributed by atoms with E-state index < -0.39 is 5.54 Å². The highest BCUT2D eigenvalue weighted by molar-refractivity contribution is 6.10. The van der Waals surface area contributed by atoms with E-state index in [0.717, 1.165) is 75.9 Å². The minimum Gasteiger partial charge on any atom is -0.495 e. The molecule has 6 nitrogen and oxygen atoms in total. The van der Waals surface area contributed by atoms with E-state index in [1.807, 2.05) is 11.8 Å². The van der Waals surface area contributed by atoms with Crippen molar-refractivity contribution < 1.29 is 14.3 Å². The third-order valence-electron chi connectivity index (χ3n) is 8.94. The van der Waals surface area contributed by atoms with Gasteiger partial charge in [0.25, 0.3) is 5.91 Å². The van der Waals surface area contributed by atoms with Crippen LogP contribution in [0.2, 0.25) is 0 Å². The third-order valence-corrected chi connectivity index (χ3v) is 8.94. The van der Waals surface area contributed by atoms with Crippen LogP contribution in [0.15, 0.2) is 35.5 Å². The number of carbonyl (C=O) groups excluding carboxylic acids is 1. The lowest BCUT2D eigenvalue weighted by Gasteiger charge is -2.46. The van der Waals surface area contributed by atoms with E-state index in [0.29, 0.717) is 13.1 Å². The molecule has 0 radical (unpaired) electrons. The first kappa shape index (κ1) is 27.7. The van der Waals surface area contributed by atoms with Crippen LogP contribution in [0.4, 0.5) is 0 Å². The Bertz CT molecular complexity index is 1010. The van der Waals surface area contributed by atoms with Crippen LogP contribution in [0.1, 0.15) is 95.8 Å². The lowest BCUT2D eigenvalue weighted by atomic mass is 9.61. The molecule has 2 fully saturated rings. The minimum absolute atomic E-state index is 0.179. The standard InChI is InChI=1S/C31H47N3O3/c1-7-19-34-28(35)31(33-29(34)32-10-4)27-20-23(12-14-25(9-3)36-6)11-13-24(27)21-30(31)17-15-26(16-18-30)37-22(5)8-2/h11,13,20,25-26H,5,7-10,12,14-19,21H2,1-4,6H3,(H,32,33). The first-order chi connectivity index (χ1) is 17.9. The third kappa shape index (κ3) is 4.94. The highest BCUT2D eigenvalue weighted by Crippen LogP contribution is 2.60. The summed E-state index contributed by atoms with van der Waals surface area (Å²) in [5, 5.41) is 3.79. The largest absolute Gasteiger partial charge is 0.495 e. The number of benzene rings is 1. The molecule has 3 aliphatic rings. The Kier molecular flexibility index (Phi) is 8.67. The van der Waals surface area contributed by atoms with Gasteiger partial charge >= 0.3 is 0 Å². The second-order valence-electron chi connectivity index (χ2n) is 11.1. The fraction of sp³-hybridized carbons (Fsp3) is 0.677. The van der Waals surface area contributed by atoms with Crippen molar-refractivity contribution >= 4 is 11.9 Å². The maximum absolute atomic E-state index is 14.5. The van der Waals surface area contributed by atoms with Gasteiger partial charge in [0.1, 0.15) is 0 Å². The number of fused-ring (bicyclic) bond motifs is 3. The van der Waals surface area contributed by atoms with Crippen molar-refractivity contribution in [3.63, 3.8) is 0 Å². The number of carbonyl (C=O) groups is 1. The normalized spacial score (nSPS) is 28.7. The summed E-state index contributed by atoms with van der Waals surface area (Å²) in [6.45, 7) is 13.8. The zero-order valence-corrected chi connectivity index (χ0v) is 23.7. The molecule has 1 saturated carbocycles. The summed E-state index contributed by atoms with van der Waals surface area (Å²) in [6.07, 6.45) is 9.79. The molecule has 1 aromatic carbocycles. The molecule has 1 heterocycles. The van der Waals surface area contributed by atoms with Crippen LogP contribution in [0.3, 0.4) is 0 Å². The molecule has 0 bridgehead atoms. The van der Waals surface area contributed by atoms with Gasteiger partial charge < -0.3 is 14.8 Å². The number of hydrogen-bond acceptors (Lipinski definition) is 4. The molecule has 1 aromatic rings. The van der Waals surface area contributed by atoms with Gasteiger partial charge in [0.05, 0.1) is 18.0 Å². The van der Waals surface area contributed by atoms with E-state index in [2.05, 4.69) is 50.9 Å². The van der Waals surface area contributed by atoms with Crippen molar-refractivity contribution in [3.8, 4) is 0 Å². The summed E-state index contributed by atoms with van der Waals surface area (Å²) < 4.78 is 11.8. The second-order valence-corrected chi connectivity index (χ2v) is 11.1. The van der Waals surface area contributed by atoms with Gasteiger partial charge in [-0.2, -0.15) is 0 Å². The Balaban J connectivity index is 1.73. The number of guanidine groups is 1. The van der Waals surface area contributed by atoms with Gasteiger partial charge in [-0.1, -0.05) is 45.5 Å². The Morgan fingerprint density at radius 1 is 1.24 bits per heavy atom. The monoisotopic (exact) mass is 509 g/mol. The Labute approximate surface area is 223 Å². The van der Waals surface area contributed by atoms with E-state index in [1.165, 1.54) is 16.7 Å². The van der Waals surface area contributed by atoms with Crippen molar-refractivity contribution in [1.29, 1.82) is 0 Å². The molecule has 1 saturated heterocycles. The van der Waals surface area contributed by atoms with Crippen LogP contribution in [-0.2, 0) is 32.6 Å². The summed E-state index contributed by atoms with van der Waals surface area (Å²) in [5.74, 6) is 1.78. The fourth-order valence-corrected chi connectivity index (χ4v) is 6.85. The van der Waals surface area contributed by atoms with Crippen LogP contribution in [-0.4, -0.2) is 49.2 Å². The van der Waals surface area contributed by atoms with Crippen LogP contribution < -0.4 is 5.32 Å². The van der Waals surface area contributed by atoms with Crippen molar-refractivity contribution in [3.05, 3.63) is 47.2 Å². The Morgan fingerprint density at radius 2 is 2.00 bits per heavy atom. The molecule has 2 aliphatic carbocycles. The predicted octanol–water partition coefficient (Wildman–Crippen LogP) is 5.88. The van der Waals surface area contributed by atoms with Crippen LogP contribution in [0.5, 0.6) is 0 Å². The maximum Gasteiger partial charge on any atom is 0.260 e. The number of hydrogen-bond donors (Lipinski definition) is 1. The number of rotatable bonds is 11. The Hall–Kier alpha value is -2.34. The van der Waals surface area contributed by atoms with Crippen molar-refractivity contribution in [1.82, 2.24) is 10.2 Å². The maximum atomic E-state index is 14.5. The summed E-state index contributed by atoms with van der Waals surface area (Å²) >= 11 is 0. The van der Waals surface area contributed by atoms with Crippen molar-refractivity contribution in [2.24, 2.45) is 10.4 Å². The highest BCUT2D eigenvalue weighted by atomic mass is 16.5. The van der Waals surface area contributed by atoms with E-state index >= 15 is 0 Å². The van der Waals surface area contributed by atoms with Gasteiger partial charge in [0.15, 0.2) is 5.54 Å². The summed E-state index contributed by atoms with van der Waals surface area (Å²) in [5.41, 5.74) is 2.79. The zero-order valence-electron chi connectivity index (χ0n) is 23.7. The fourth-order valence-electron chi connectivity index (χ4n) is 6.85. The topological polar surface area (TPSA) is 63.2 Å². The predicted molar refractivity (Wildman–Crippen MR) is 150 cm³/mol. The number of ether oxygens (including phenoxy) is 2. The van der Waals surface area contributed by atoms with Crippen molar-refractivity contribution in [2.45, 2.75) is 110 Å². The number of methoxy groups -OCH3 is 1. The molecular formula is C31H47N3O3. The van der Waals surface area contributed by atoms with Gasteiger partial charge in [-0.05, 0) is 81.4 Å². The lowest BCUT2D eigenvalue weighted by Crippen LogP contribution is -2.57. The van der Waals surface area contributed by atoms with E-state index in [-0.39, 0.29) is 23.5 Å². The van der Waals surface area contributed by atoms with Crippen LogP contribution >= 0.6 is 0 Å². The Morgan fingerprint density at radius 3 is 2.62 bits per heavy atom. The molecule has 37 heavy (non-hydrogen) atoms. The number of nitrogens with one attached hydrogen (secondary N) is 1. The number of amides is 1. The first-order valence-electron chi connectivity index (χ1n) is 14.5.